The first-order chi connectivity index (χ1) is 18.1. The second-order valence-electron chi connectivity index (χ2n) is 8.85. The lowest BCUT2D eigenvalue weighted by atomic mass is 10.0. The largest absolute Gasteiger partial charge is 0.459 e. The highest BCUT2D eigenvalue weighted by Crippen LogP contribution is 2.44. The third kappa shape index (κ3) is 4.95. The monoisotopic (exact) mass is 549 g/mol. The van der Waals surface area contributed by atoms with Gasteiger partial charge in [-0.15, -0.1) is 0 Å². The third-order valence-corrected chi connectivity index (χ3v) is 7.07. The van der Waals surface area contributed by atoms with Crippen molar-refractivity contribution in [3.05, 3.63) is 106 Å². The Kier molecular flexibility index (Phi) is 6.59. The normalized spacial score (nSPS) is 17.3. The van der Waals surface area contributed by atoms with Gasteiger partial charge in [0.25, 0.3) is 5.69 Å². The highest BCUT2D eigenvalue weighted by molar-refractivity contribution is 7.92. The number of hydrogen-bond donors (Lipinski definition) is 2. The maximum Gasteiger partial charge on any atom is 0.280 e. The van der Waals surface area contributed by atoms with Gasteiger partial charge in [0.1, 0.15) is 17.6 Å². The lowest BCUT2D eigenvalue weighted by Gasteiger charge is -2.26. The van der Waals surface area contributed by atoms with Crippen molar-refractivity contribution >= 4 is 44.4 Å². The number of furan rings is 1. The molecule has 1 aliphatic heterocycles. The van der Waals surface area contributed by atoms with E-state index in [2.05, 4.69) is 15.0 Å². The molecule has 38 heavy (non-hydrogen) atoms. The van der Waals surface area contributed by atoms with E-state index < -0.39 is 21.0 Å². The van der Waals surface area contributed by atoms with Crippen LogP contribution in [0.25, 0.3) is 11.3 Å². The molecule has 4 aromatic rings. The Morgan fingerprint density at radius 3 is 2.55 bits per heavy atom. The number of sulfonamides is 1. The zero-order chi connectivity index (χ0) is 27.0. The number of aromatic nitrogens is 1. The SMILES string of the molecule is Cc1cc(N2C(=S)N[C@@H](c3ccccn3)[C@H]2c2ccc(-c3ccccc3[N+](=O)[O-])o2)ccc1NS(C)(=O)=O. The first kappa shape index (κ1) is 25.4. The number of nitro groups is 1. The molecule has 2 aromatic carbocycles. The zero-order valence-electron chi connectivity index (χ0n) is 20.4. The number of pyridine rings is 1. The number of rotatable bonds is 7. The summed E-state index contributed by atoms with van der Waals surface area (Å²) in [5.41, 5.74) is 2.92. The van der Waals surface area contributed by atoms with E-state index in [0.717, 1.165) is 11.9 Å². The predicted octanol–water partition coefficient (Wildman–Crippen LogP) is 5.11. The highest BCUT2D eigenvalue weighted by Gasteiger charge is 2.43. The first-order valence-electron chi connectivity index (χ1n) is 11.5. The Morgan fingerprint density at radius 2 is 1.87 bits per heavy atom. The van der Waals surface area contributed by atoms with E-state index in [1.165, 1.54) is 6.07 Å². The summed E-state index contributed by atoms with van der Waals surface area (Å²) in [6.07, 6.45) is 2.79. The maximum atomic E-state index is 11.8. The number of anilines is 2. The van der Waals surface area contributed by atoms with E-state index in [-0.39, 0.29) is 11.7 Å². The van der Waals surface area contributed by atoms with E-state index in [0.29, 0.717) is 39.1 Å². The van der Waals surface area contributed by atoms with E-state index in [1.54, 1.807) is 55.6 Å². The molecule has 10 nitrogen and oxygen atoms in total. The minimum absolute atomic E-state index is 0.0591. The summed E-state index contributed by atoms with van der Waals surface area (Å²) in [4.78, 5) is 17.6. The fourth-order valence-electron chi connectivity index (χ4n) is 4.53. The number of nitrogens with one attached hydrogen (secondary N) is 2. The second kappa shape index (κ2) is 9.88. The molecule has 0 unspecified atom stereocenters. The molecule has 1 saturated heterocycles. The zero-order valence-corrected chi connectivity index (χ0v) is 22.0. The van der Waals surface area contributed by atoms with Crippen molar-refractivity contribution in [1.29, 1.82) is 0 Å². The Labute approximate surface area is 224 Å². The number of nitro benzene ring substituents is 1. The average Bonchev–Trinajstić information content (AvgIpc) is 3.49. The fourth-order valence-corrected chi connectivity index (χ4v) is 5.51. The summed E-state index contributed by atoms with van der Waals surface area (Å²) >= 11 is 5.74. The topological polar surface area (TPSA) is 131 Å². The van der Waals surface area contributed by atoms with Crippen LogP contribution in [0.3, 0.4) is 0 Å². The van der Waals surface area contributed by atoms with E-state index >= 15 is 0 Å². The first-order valence-corrected chi connectivity index (χ1v) is 13.8. The molecule has 1 aliphatic rings. The van der Waals surface area contributed by atoms with Crippen LogP contribution >= 0.6 is 12.2 Å². The van der Waals surface area contributed by atoms with Gasteiger partial charge in [0.05, 0.1) is 34.2 Å². The summed E-state index contributed by atoms with van der Waals surface area (Å²) in [6, 6.07) is 19.9. The summed E-state index contributed by atoms with van der Waals surface area (Å²) in [5, 5.41) is 15.4. The van der Waals surface area contributed by atoms with Crippen molar-refractivity contribution in [1.82, 2.24) is 10.3 Å². The van der Waals surface area contributed by atoms with Crippen LogP contribution in [0.2, 0.25) is 0 Å². The molecule has 5 rings (SSSR count). The van der Waals surface area contributed by atoms with Crippen LogP contribution < -0.4 is 14.9 Å². The van der Waals surface area contributed by atoms with Crippen LogP contribution in [0.4, 0.5) is 17.1 Å². The van der Waals surface area contributed by atoms with Gasteiger partial charge in [-0.1, -0.05) is 18.2 Å². The van der Waals surface area contributed by atoms with Gasteiger partial charge in [0.2, 0.25) is 10.0 Å². The predicted molar refractivity (Wildman–Crippen MR) is 148 cm³/mol. The van der Waals surface area contributed by atoms with Crippen LogP contribution in [0, 0.1) is 17.0 Å². The Bertz CT molecular complexity index is 1640. The van der Waals surface area contributed by atoms with Crippen LogP contribution in [-0.2, 0) is 10.0 Å². The quantitative estimate of drug-likeness (QED) is 0.183. The molecule has 1 fully saturated rings. The molecule has 2 atom stereocenters. The molecule has 2 aromatic heterocycles. The minimum atomic E-state index is -3.45. The summed E-state index contributed by atoms with van der Waals surface area (Å²) < 4.78 is 32.3. The minimum Gasteiger partial charge on any atom is -0.459 e. The molecule has 0 amide bonds. The number of aryl methyl sites for hydroxylation is 1. The van der Waals surface area contributed by atoms with Crippen molar-refractivity contribution in [2.45, 2.75) is 19.0 Å². The molecule has 0 aliphatic carbocycles. The molecule has 2 N–H and O–H groups in total. The van der Waals surface area contributed by atoms with Crippen molar-refractivity contribution in [2.24, 2.45) is 0 Å². The van der Waals surface area contributed by atoms with E-state index in [1.807, 2.05) is 29.2 Å². The van der Waals surface area contributed by atoms with Gasteiger partial charge in [-0.3, -0.25) is 19.8 Å². The molecule has 0 bridgehead atoms. The van der Waals surface area contributed by atoms with E-state index in [9.17, 15) is 18.5 Å². The van der Waals surface area contributed by atoms with Gasteiger partial charge >= 0.3 is 0 Å². The second-order valence-corrected chi connectivity index (χ2v) is 11.0. The lowest BCUT2D eigenvalue weighted by Crippen LogP contribution is -2.29. The molecule has 12 heteroatoms. The van der Waals surface area contributed by atoms with Gasteiger partial charge in [0, 0.05) is 18.0 Å². The molecule has 194 valence electrons. The summed E-state index contributed by atoms with van der Waals surface area (Å²) in [7, 11) is -3.45. The van der Waals surface area contributed by atoms with Gasteiger partial charge in [-0.2, -0.15) is 0 Å². The van der Waals surface area contributed by atoms with Crippen molar-refractivity contribution in [2.75, 3.05) is 15.9 Å². The molecule has 3 heterocycles. The third-order valence-electron chi connectivity index (χ3n) is 6.17. The summed E-state index contributed by atoms with van der Waals surface area (Å²) in [6.45, 7) is 1.80. The molecular formula is C26H23N5O5S2. The number of benzene rings is 2. The lowest BCUT2D eigenvalue weighted by molar-refractivity contribution is -0.384. The van der Waals surface area contributed by atoms with E-state index in [4.69, 9.17) is 16.6 Å². The highest BCUT2D eigenvalue weighted by atomic mass is 32.2. The molecular weight excluding hydrogens is 526 g/mol. The van der Waals surface area contributed by atoms with Crippen molar-refractivity contribution in [3.63, 3.8) is 0 Å². The Balaban J connectivity index is 1.60. The Hall–Kier alpha value is -4.29. The van der Waals surface area contributed by atoms with Crippen LogP contribution in [-0.4, -0.2) is 29.7 Å². The average molecular weight is 550 g/mol. The molecule has 0 saturated carbocycles. The fraction of sp³-hybridized carbons (Fsp3) is 0.154. The number of para-hydroxylation sites is 1. The number of hydrogen-bond acceptors (Lipinski definition) is 7. The number of nitrogens with zero attached hydrogens (tertiary/aromatic N) is 3. The van der Waals surface area contributed by atoms with Crippen LogP contribution in [0.5, 0.6) is 0 Å². The van der Waals surface area contributed by atoms with Crippen molar-refractivity contribution < 1.29 is 17.8 Å². The number of thiocarbonyl (C=S) groups is 1. The van der Waals surface area contributed by atoms with Crippen LogP contribution in [0.1, 0.15) is 29.1 Å². The van der Waals surface area contributed by atoms with Crippen LogP contribution in [0.15, 0.2) is 83.4 Å². The molecule has 0 radical (unpaired) electrons. The van der Waals surface area contributed by atoms with Crippen molar-refractivity contribution in [3.8, 4) is 11.3 Å². The molecule has 0 spiro atoms. The maximum absolute atomic E-state index is 11.8. The van der Waals surface area contributed by atoms with Gasteiger partial charge in [-0.25, -0.2) is 8.42 Å². The summed E-state index contributed by atoms with van der Waals surface area (Å²) in [5.74, 6) is 0.880. The smallest absolute Gasteiger partial charge is 0.280 e. The van der Waals surface area contributed by atoms with Gasteiger partial charge in [0.15, 0.2) is 5.11 Å². The Morgan fingerprint density at radius 1 is 1.11 bits per heavy atom. The van der Waals surface area contributed by atoms with Gasteiger partial charge < -0.3 is 14.6 Å². The standard InChI is InChI=1S/C26H23N5O5S2/c1-16-15-17(10-11-19(16)29-38(2,34)35)30-25(24(28-26(30)37)20-8-5-6-14-27-20)23-13-12-22(36-23)18-7-3-4-9-21(18)31(32)33/h3-15,24-25,29H,1-2H3,(H,28,37)/t24-,25+/m0/s1. The van der Waals surface area contributed by atoms with Gasteiger partial charge in [-0.05, 0) is 73.2 Å².